The molecule has 0 saturated heterocycles. The summed E-state index contributed by atoms with van der Waals surface area (Å²) >= 11 is 1.48. The largest absolute Gasteiger partial charge is 0.444 e. The molecule has 22 heavy (non-hydrogen) atoms. The smallest absolute Gasteiger partial charge is 0.410 e. The van der Waals surface area contributed by atoms with E-state index in [1.807, 2.05) is 27.7 Å². The molecule has 0 aromatic carbocycles. The number of aromatic amines is 1. The van der Waals surface area contributed by atoms with Gasteiger partial charge in [0.15, 0.2) is 0 Å². The highest BCUT2D eigenvalue weighted by molar-refractivity contribution is 7.18. The zero-order valence-electron chi connectivity index (χ0n) is 13.1. The summed E-state index contributed by atoms with van der Waals surface area (Å²) in [6.07, 6.45) is 1.10. The molecule has 1 atom stereocenters. The number of hydrogen-bond acceptors (Lipinski definition) is 5. The molecule has 6 nitrogen and oxygen atoms in total. The topological polar surface area (TPSA) is 75.3 Å². The number of aromatic nitrogens is 2. The van der Waals surface area contributed by atoms with Crippen LogP contribution < -0.4 is 5.56 Å². The number of amides is 1. The maximum Gasteiger partial charge on any atom is 0.410 e. The van der Waals surface area contributed by atoms with Crippen molar-refractivity contribution in [3.8, 4) is 0 Å². The zero-order chi connectivity index (χ0) is 16.1. The van der Waals surface area contributed by atoms with Crippen LogP contribution in [0.5, 0.6) is 0 Å². The van der Waals surface area contributed by atoms with E-state index in [2.05, 4.69) is 9.97 Å². The Bertz CT molecular complexity index is 787. The van der Waals surface area contributed by atoms with Crippen molar-refractivity contribution < 1.29 is 9.53 Å². The van der Waals surface area contributed by atoms with E-state index in [0.717, 1.165) is 15.3 Å². The number of H-pyrrole nitrogens is 1. The number of ether oxygens (including phenoxy) is 1. The summed E-state index contributed by atoms with van der Waals surface area (Å²) in [6.45, 7) is 8.59. The Hall–Kier alpha value is -1.89. The molecule has 0 saturated carbocycles. The first-order valence-corrected chi connectivity index (χ1v) is 8.05. The summed E-state index contributed by atoms with van der Waals surface area (Å²) in [4.78, 5) is 34.7. The number of thiophene rings is 1. The molecular formula is C15H19N3O3S. The first-order valence-electron chi connectivity index (χ1n) is 7.23. The highest BCUT2D eigenvalue weighted by atomic mass is 32.1. The van der Waals surface area contributed by atoms with E-state index in [1.54, 1.807) is 4.90 Å². The molecule has 3 heterocycles. The van der Waals surface area contributed by atoms with E-state index in [1.165, 1.54) is 17.7 Å². The Labute approximate surface area is 132 Å². The standard InChI is InChI=1S/C15H19N3O3S/c1-8-5-18(14(20)21-15(2,3)4)6-9-10(8)11-12(19)16-7-17-13(11)22-9/h7-8H,5-6H2,1-4H3,(H,16,17,19). The predicted molar refractivity (Wildman–Crippen MR) is 85.3 cm³/mol. The SMILES string of the molecule is CC1CN(C(=O)OC(C)(C)C)Cc2sc3nc[nH]c(=O)c3c21. The van der Waals surface area contributed by atoms with E-state index in [4.69, 9.17) is 4.74 Å². The fourth-order valence-corrected chi connectivity index (χ4v) is 4.05. The fourth-order valence-electron chi connectivity index (χ4n) is 2.77. The van der Waals surface area contributed by atoms with Crippen molar-refractivity contribution >= 4 is 27.6 Å². The van der Waals surface area contributed by atoms with Crippen molar-refractivity contribution in [2.75, 3.05) is 6.54 Å². The van der Waals surface area contributed by atoms with Crippen LogP contribution >= 0.6 is 11.3 Å². The monoisotopic (exact) mass is 321 g/mol. The van der Waals surface area contributed by atoms with Crippen LogP contribution in [0.25, 0.3) is 10.2 Å². The fraction of sp³-hybridized carbons (Fsp3) is 0.533. The Morgan fingerprint density at radius 3 is 2.91 bits per heavy atom. The van der Waals surface area contributed by atoms with E-state index in [-0.39, 0.29) is 17.6 Å². The van der Waals surface area contributed by atoms with Crippen molar-refractivity contribution in [2.24, 2.45) is 0 Å². The molecule has 0 spiro atoms. The summed E-state index contributed by atoms with van der Waals surface area (Å²) in [5, 5.41) is 0.666. The van der Waals surface area contributed by atoms with Crippen LogP contribution in [0.4, 0.5) is 4.79 Å². The van der Waals surface area contributed by atoms with E-state index < -0.39 is 5.60 Å². The Balaban J connectivity index is 1.97. The van der Waals surface area contributed by atoms with Crippen molar-refractivity contribution in [1.29, 1.82) is 0 Å². The van der Waals surface area contributed by atoms with Crippen molar-refractivity contribution in [3.05, 3.63) is 27.1 Å². The number of fused-ring (bicyclic) bond motifs is 3. The second-order valence-corrected chi connectivity index (χ2v) is 7.70. The third-order valence-corrected chi connectivity index (χ3v) is 4.68. The molecule has 1 N–H and O–H groups in total. The van der Waals surface area contributed by atoms with Crippen LogP contribution in [0.2, 0.25) is 0 Å². The maximum atomic E-state index is 12.3. The van der Waals surface area contributed by atoms with Gasteiger partial charge in [0, 0.05) is 17.3 Å². The summed E-state index contributed by atoms with van der Waals surface area (Å²) in [7, 11) is 0. The van der Waals surface area contributed by atoms with E-state index >= 15 is 0 Å². The minimum Gasteiger partial charge on any atom is -0.444 e. The Kier molecular flexibility index (Phi) is 3.47. The molecule has 2 aromatic rings. The lowest BCUT2D eigenvalue weighted by atomic mass is 9.95. The highest BCUT2D eigenvalue weighted by Gasteiger charge is 2.32. The minimum atomic E-state index is -0.514. The average molecular weight is 321 g/mol. The molecule has 0 fully saturated rings. The summed E-state index contributed by atoms with van der Waals surface area (Å²) in [5.74, 6) is 0.0790. The van der Waals surface area contributed by atoms with Gasteiger partial charge in [0.2, 0.25) is 0 Å². The number of carbonyl (C=O) groups is 1. The van der Waals surface area contributed by atoms with Crippen molar-refractivity contribution in [3.63, 3.8) is 0 Å². The normalized spacial score (nSPS) is 18.4. The van der Waals surface area contributed by atoms with Crippen LogP contribution in [-0.4, -0.2) is 33.1 Å². The van der Waals surface area contributed by atoms with Gasteiger partial charge in [-0.05, 0) is 26.3 Å². The first-order chi connectivity index (χ1) is 10.3. The van der Waals surface area contributed by atoms with E-state index in [0.29, 0.717) is 18.5 Å². The van der Waals surface area contributed by atoms with Crippen LogP contribution in [0, 0.1) is 0 Å². The second kappa shape index (κ2) is 5.08. The van der Waals surface area contributed by atoms with Crippen LogP contribution in [-0.2, 0) is 11.3 Å². The molecule has 1 unspecified atom stereocenters. The van der Waals surface area contributed by atoms with E-state index in [9.17, 15) is 9.59 Å². The highest BCUT2D eigenvalue weighted by Crippen LogP contribution is 2.38. The molecule has 7 heteroatoms. The number of hydrogen-bond donors (Lipinski definition) is 1. The molecule has 0 radical (unpaired) electrons. The summed E-state index contributed by atoms with van der Waals surface area (Å²) in [5.41, 5.74) is 0.397. The predicted octanol–water partition coefficient (Wildman–Crippen LogP) is 2.84. The lowest BCUT2D eigenvalue weighted by Crippen LogP contribution is -2.40. The van der Waals surface area contributed by atoms with Gasteiger partial charge in [-0.1, -0.05) is 6.92 Å². The second-order valence-electron chi connectivity index (χ2n) is 6.61. The molecule has 1 amide bonds. The first kappa shape index (κ1) is 15.0. The molecule has 2 aromatic heterocycles. The quantitative estimate of drug-likeness (QED) is 0.809. The van der Waals surface area contributed by atoms with Gasteiger partial charge in [-0.3, -0.25) is 4.79 Å². The van der Waals surface area contributed by atoms with Crippen molar-refractivity contribution in [1.82, 2.24) is 14.9 Å². The Morgan fingerprint density at radius 1 is 1.50 bits per heavy atom. The van der Waals surface area contributed by atoms with Crippen LogP contribution in [0.3, 0.4) is 0 Å². The van der Waals surface area contributed by atoms with Crippen LogP contribution in [0.1, 0.15) is 44.1 Å². The number of nitrogens with zero attached hydrogens (tertiary/aromatic N) is 2. The molecular weight excluding hydrogens is 302 g/mol. The van der Waals surface area contributed by atoms with Gasteiger partial charge in [0.05, 0.1) is 18.3 Å². The lowest BCUT2D eigenvalue weighted by molar-refractivity contribution is 0.0212. The van der Waals surface area contributed by atoms with Crippen LogP contribution in [0.15, 0.2) is 11.1 Å². The Morgan fingerprint density at radius 2 is 2.23 bits per heavy atom. The number of carbonyl (C=O) groups excluding carboxylic acids is 1. The molecule has 3 rings (SSSR count). The minimum absolute atomic E-state index is 0.0790. The third-order valence-electron chi connectivity index (χ3n) is 3.58. The zero-order valence-corrected chi connectivity index (χ0v) is 13.9. The summed E-state index contributed by atoms with van der Waals surface area (Å²) in [6, 6.07) is 0. The van der Waals surface area contributed by atoms with Gasteiger partial charge < -0.3 is 14.6 Å². The molecule has 118 valence electrons. The van der Waals surface area contributed by atoms with Gasteiger partial charge in [-0.2, -0.15) is 0 Å². The van der Waals surface area contributed by atoms with Gasteiger partial charge >= 0.3 is 6.09 Å². The van der Waals surface area contributed by atoms with Gasteiger partial charge in [0.1, 0.15) is 10.4 Å². The average Bonchev–Trinajstić information content (AvgIpc) is 2.76. The molecule has 0 aliphatic carbocycles. The number of rotatable bonds is 0. The van der Waals surface area contributed by atoms with Gasteiger partial charge in [-0.15, -0.1) is 11.3 Å². The maximum absolute atomic E-state index is 12.3. The third kappa shape index (κ3) is 2.61. The number of nitrogens with one attached hydrogen (secondary N) is 1. The molecule has 0 bridgehead atoms. The molecule has 1 aliphatic rings. The summed E-state index contributed by atoms with van der Waals surface area (Å²) < 4.78 is 5.45. The molecule has 1 aliphatic heterocycles. The lowest BCUT2D eigenvalue weighted by Gasteiger charge is -2.32. The van der Waals surface area contributed by atoms with Gasteiger partial charge in [0.25, 0.3) is 5.56 Å². The van der Waals surface area contributed by atoms with Crippen molar-refractivity contribution in [2.45, 2.75) is 45.8 Å². The van der Waals surface area contributed by atoms with Gasteiger partial charge in [-0.25, -0.2) is 9.78 Å².